The first kappa shape index (κ1) is 18.3. The van der Waals surface area contributed by atoms with Crippen molar-refractivity contribution in [1.29, 1.82) is 0 Å². The van der Waals surface area contributed by atoms with Gasteiger partial charge in [-0.2, -0.15) is 0 Å². The maximum absolute atomic E-state index is 11.8. The van der Waals surface area contributed by atoms with E-state index in [9.17, 15) is 9.59 Å². The van der Waals surface area contributed by atoms with Crippen LogP contribution in [0.15, 0.2) is 48.5 Å². The second kappa shape index (κ2) is 8.73. The molecule has 0 saturated carbocycles. The Morgan fingerprint density at radius 1 is 0.920 bits per heavy atom. The molecule has 0 aliphatic carbocycles. The van der Waals surface area contributed by atoms with Gasteiger partial charge in [0.05, 0.1) is 39.4 Å². The van der Waals surface area contributed by atoms with Crippen molar-refractivity contribution in [2.24, 2.45) is 0 Å². The third kappa shape index (κ3) is 4.97. The molecule has 0 saturated heterocycles. The largest absolute Gasteiger partial charge is 0.497 e. The fraction of sp³-hybridized carbons (Fsp3) is 0.263. The average Bonchev–Trinajstić information content (AvgIpc) is 2.67. The lowest BCUT2D eigenvalue weighted by atomic mass is 10.0. The Balaban J connectivity index is 2.22. The van der Waals surface area contributed by atoms with Gasteiger partial charge in [0.25, 0.3) is 0 Å². The summed E-state index contributed by atoms with van der Waals surface area (Å²) in [5.74, 6) is 0.0136. The molecule has 1 atom stereocenters. The van der Waals surface area contributed by atoms with Crippen LogP contribution in [-0.2, 0) is 14.3 Å². The van der Waals surface area contributed by atoms with Gasteiger partial charge in [-0.3, -0.25) is 4.79 Å². The smallest absolute Gasteiger partial charge is 0.337 e. The lowest BCUT2D eigenvalue weighted by Gasteiger charge is -2.20. The van der Waals surface area contributed by atoms with E-state index in [4.69, 9.17) is 14.2 Å². The zero-order valence-electron chi connectivity index (χ0n) is 14.4. The van der Waals surface area contributed by atoms with Crippen LogP contribution in [0.5, 0.6) is 5.75 Å². The summed E-state index contributed by atoms with van der Waals surface area (Å²) in [6, 6.07) is 14.0. The van der Waals surface area contributed by atoms with Crippen molar-refractivity contribution in [1.82, 2.24) is 0 Å². The number of anilines is 1. The van der Waals surface area contributed by atoms with E-state index in [-0.39, 0.29) is 18.4 Å². The fourth-order valence-electron chi connectivity index (χ4n) is 2.36. The normalized spacial score (nSPS) is 11.3. The second-order valence-corrected chi connectivity index (χ2v) is 5.32. The van der Waals surface area contributed by atoms with Crippen molar-refractivity contribution in [3.63, 3.8) is 0 Å². The molecular weight excluding hydrogens is 322 g/mol. The summed E-state index contributed by atoms with van der Waals surface area (Å²) in [5, 5.41) is 3.30. The standard InChI is InChI=1S/C19H21NO5/c1-23-16-10-8-15(9-11-16)20-17(12-18(21)24-2)13-4-6-14(7-5-13)19(22)25-3/h4-11,17,20H,12H2,1-3H3. The third-order valence-corrected chi connectivity index (χ3v) is 3.76. The second-order valence-electron chi connectivity index (χ2n) is 5.32. The van der Waals surface area contributed by atoms with Crippen molar-refractivity contribution in [2.75, 3.05) is 26.6 Å². The molecule has 2 aromatic rings. The number of benzene rings is 2. The Morgan fingerprint density at radius 3 is 2.08 bits per heavy atom. The molecule has 0 amide bonds. The van der Waals surface area contributed by atoms with E-state index in [1.165, 1.54) is 14.2 Å². The van der Waals surface area contributed by atoms with Gasteiger partial charge in [-0.25, -0.2) is 4.79 Å². The zero-order valence-corrected chi connectivity index (χ0v) is 14.4. The highest BCUT2D eigenvalue weighted by molar-refractivity contribution is 5.89. The first-order valence-corrected chi connectivity index (χ1v) is 7.73. The molecule has 0 aliphatic heterocycles. The minimum atomic E-state index is -0.404. The van der Waals surface area contributed by atoms with Crippen LogP contribution in [0.2, 0.25) is 0 Å². The van der Waals surface area contributed by atoms with E-state index in [1.807, 2.05) is 24.3 Å². The van der Waals surface area contributed by atoms with E-state index < -0.39 is 5.97 Å². The lowest BCUT2D eigenvalue weighted by molar-refractivity contribution is -0.140. The number of ether oxygens (including phenoxy) is 3. The summed E-state index contributed by atoms with van der Waals surface area (Å²) in [5.41, 5.74) is 2.15. The minimum absolute atomic E-state index is 0.153. The Labute approximate surface area is 146 Å². The van der Waals surface area contributed by atoms with E-state index in [2.05, 4.69) is 5.32 Å². The van der Waals surface area contributed by atoms with Crippen molar-refractivity contribution in [3.8, 4) is 5.75 Å². The molecule has 2 rings (SSSR count). The van der Waals surface area contributed by atoms with Crippen molar-refractivity contribution < 1.29 is 23.8 Å². The van der Waals surface area contributed by atoms with Gasteiger partial charge >= 0.3 is 11.9 Å². The van der Waals surface area contributed by atoms with E-state index >= 15 is 0 Å². The fourth-order valence-corrected chi connectivity index (χ4v) is 2.36. The predicted octanol–water partition coefficient (Wildman–Crippen LogP) is 3.20. The van der Waals surface area contributed by atoms with Gasteiger partial charge in [-0.1, -0.05) is 12.1 Å². The molecule has 0 heterocycles. The number of rotatable bonds is 7. The summed E-state index contributed by atoms with van der Waals surface area (Å²) in [6.45, 7) is 0. The predicted molar refractivity (Wildman–Crippen MR) is 93.8 cm³/mol. The van der Waals surface area contributed by atoms with Crippen molar-refractivity contribution in [2.45, 2.75) is 12.5 Å². The van der Waals surface area contributed by atoms with Crippen LogP contribution in [-0.4, -0.2) is 33.3 Å². The maximum atomic E-state index is 11.8. The quantitative estimate of drug-likeness (QED) is 0.778. The number of esters is 2. The first-order chi connectivity index (χ1) is 12.1. The highest BCUT2D eigenvalue weighted by atomic mass is 16.5. The monoisotopic (exact) mass is 343 g/mol. The van der Waals surface area contributed by atoms with Crippen LogP contribution in [0, 0.1) is 0 Å². The zero-order chi connectivity index (χ0) is 18.2. The average molecular weight is 343 g/mol. The Kier molecular flexibility index (Phi) is 6.39. The van der Waals surface area contributed by atoms with E-state index in [0.29, 0.717) is 5.56 Å². The number of nitrogens with one attached hydrogen (secondary N) is 1. The SMILES string of the molecule is COC(=O)CC(Nc1ccc(OC)cc1)c1ccc(C(=O)OC)cc1. The van der Waals surface area contributed by atoms with E-state index in [1.54, 1.807) is 31.4 Å². The number of carbonyl (C=O) groups is 2. The Morgan fingerprint density at radius 2 is 1.56 bits per heavy atom. The van der Waals surface area contributed by atoms with Gasteiger partial charge in [0, 0.05) is 5.69 Å². The molecular formula is C19H21NO5. The van der Waals surface area contributed by atoms with Crippen LogP contribution in [0.1, 0.15) is 28.4 Å². The maximum Gasteiger partial charge on any atom is 0.337 e. The molecule has 6 nitrogen and oxygen atoms in total. The molecule has 1 unspecified atom stereocenters. The molecule has 6 heteroatoms. The first-order valence-electron chi connectivity index (χ1n) is 7.73. The van der Waals surface area contributed by atoms with Crippen molar-refractivity contribution >= 4 is 17.6 Å². The highest BCUT2D eigenvalue weighted by Gasteiger charge is 2.17. The minimum Gasteiger partial charge on any atom is -0.497 e. The van der Waals surface area contributed by atoms with Gasteiger partial charge in [0.2, 0.25) is 0 Å². The Hall–Kier alpha value is -3.02. The molecule has 0 aromatic heterocycles. The molecule has 1 N–H and O–H groups in total. The third-order valence-electron chi connectivity index (χ3n) is 3.76. The summed E-state index contributed by atoms with van der Waals surface area (Å²) < 4.78 is 14.6. The number of methoxy groups -OCH3 is 3. The molecule has 132 valence electrons. The van der Waals surface area contributed by atoms with Crippen LogP contribution < -0.4 is 10.1 Å². The number of carbonyl (C=O) groups excluding carboxylic acids is 2. The molecule has 25 heavy (non-hydrogen) atoms. The number of hydrogen-bond donors (Lipinski definition) is 1. The molecule has 0 fully saturated rings. The summed E-state index contributed by atoms with van der Waals surface area (Å²) in [6.07, 6.45) is 0.153. The van der Waals surface area contributed by atoms with Gasteiger partial charge in [-0.05, 0) is 42.0 Å². The lowest BCUT2D eigenvalue weighted by Crippen LogP contribution is -2.16. The van der Waals surface area contributed by atoms with E-state index in [0.717, 1.165) is 17.0 Å². The topological polar surface area (TPSA) is 73.9 Å². The number of hydrogen-bond acceptors (Lipinski definition) is 6. The van der Waals surface area contributed by atoms with Gasteiger partial charge in [0.15, 0.2) is 0 Å². The molecule has 0 aliphatic rings. The van der Waals surface area contributed by atoms with Crippen LogP contribution in [0.3, 0.4) is 0 Å². The van der Waals surface area contributed by atoms with Crippen LogP contribution >= 0.6 is 0 Å². The van der Waals surface area contributed by atoms with Crippen LogP contribution in [0.4, 0.5) is 5.69 Å². The van der Waals surface area contributed by atoms with Gasteiger partial charge < -0.3 is 19.5 Å². The van der Waals surface area contributed by atoms with Crippen LogP contribution in [0.25, 0.3) is 0 Å². The van der Waals surface area contributed by atoms with Gasteiger partial charge in [0.1, 0.15) is 5.75 Å². The van der Waals surface area contributed by atoms with Crippen molar-refractivity contribution in [3.05, 3.63) is 59.7 Å². The molecule has 2 aromatic carbocycles. The van der Waals surface area contributed by atoms with Gasteiger partial charge in [-0.15, -0.1) is 0 Å². The summed E-state index contributed by atoms with van der Waals surface area (Å²) in [7, 11) is 4.29. The molecule has 0 bridgehead atoms. The molecule has 0 radical (unpaired) electrons. The highest BCUT2D eigenvalue weighted by Crippen LogP contribution is 2.25. The Bertz CT molecular complexity index is 710. The molecule has 0 spiro atoms. The summed E-state index contributed by atoms with van der Waals surface area (Å²) in [4.78, 5) is 23.3. The summed E-state index contributed by atoms with van der Waals surface area (Å²) >= 11 is 0.